The van der Waals surface area contributed by atoms with Gasteiger partial charge in [0.1, 0.15) is 0 Å². The minimum Gasteiger partial charge on any atom is -0.370 e. The van der Waals surface area contributed by atoms with Crippen molar-refractivity contribution >= 4 is 15.9 Å². The molecule has 6 nitrogen and oxygen atoms in total. The second kappa shape index (κ2) is 7.43. The van der Waals surface area contributed by atoms with Crippen LogP contribution in [0.1, 0.15) is 37.7 Å². The Morgan fingerprint density at radius 1 is 1.32 bits per heavy atom. The highest BCUT2D eigenvalue weighted by molar-refractivity contribution is 7.88. The van der Waals surface area contributed by atoms with E-state index >= 15 is 0 Å². The number of hydrogen-bond donors (Lipinski definition) is 1. The van der Waals surface area contributed by atoms with Crippen LogP contribution in [0.15, 0.2) is 30.3 Å². The van der Waals surface area contributed by atoms with E-state index in [-0.39, 0.29) is 17.6 Å². The quantitative estimate of drug-likeness (QED) is 0.796. The standard InChI is InChI=1S/C18H26N2O4S/c1-25(22,23)19-16-8-5-11-20(13-16)17(21)12-18(9-10-18)24-14-15-6-3-2-4-7-15/h2-4,6-7,16,19H,5,8-14H2,1H3. The largest absolute Gasteiger partial charge is 0.370 e. The maximum Gasteiger partial charge on any atom is 0.225 e. The topological polar surface area (TPSA) is 75.7 Å². The molecular formula is C18H26N2O4S. The second-order valence-corrected chi connectivity index (χ2v) is 8.98. The van der Waals surface area contributed by atoms with Crippen LogP contribution in [0.2, 0.25) is 0 Å². The minimum atomic E-state index is -3.25. The molecule has 2 fully saturated rings. The zero-order valence-electron chi connectivity index (χ0n) is 14.6. The number of carbonyl (C=O) groups excluding carboxylic acids is 1. The van der Waals surface area contributed by atoms with E-state index in [1.54, 1.807) is 4.90 Å². The number of nitrogens with one attached hydrogen (secondary N) is 1. The normalized spacial score (nSPS) is 22.6. The van der Waals surface area contributed by atoms with Gasteiger partial charge in [0, 0.05) is 19.1 Å². The van der Waals surface area contributed by atoms with Crippen molar-refractivity contribution in [3.05, 3.63) is 35.9 Å². The first kappa shape index (κ1) is 18.4. The molecule has 1 aromatic rings. The van der Waals surface area contributed by atoms with E-state index in [1.807, 2.05) is 30.3 Å². The highest BCUT2D eigenvalue weighted by Crippen LogP contribution is 2.44. The summed E-state index contributed by atoms with van der Waals surface area (Å²) in [5, 5.41) is 0. The molecule has 1 saturated heterocycles. The molecule has 0 radical (unpaired) electrons. The van der Waals surface area contributed by atoms with E-state index < -0.39 is 10.0 Å². The summed E-state index contributed by atoms with van der Waals surface area (Å²) in [5.74, 6) is 0.0607. The third kappa shape index (κ3) is 5.52. The molecule has 25 heavy (non-hydrogen) atoms. The van der Waals surface area contributed by atoms with E-state index in [0.29, 0.717) is 26.1 Å². The average Bonchev–Trinajstić information content (AvgIpc) is 3.32. The van der Waals surface area contributed by atoms with Crippen molar-refractivity contribution in [2.75, 3.05) is 19.3 Å². The third-order valence-electron chi connectivity index (χ3n) is 4.82. The van der Waals surface area contributed by atoms with Gasteiger partial charge in [0.05, 0.1) is 24.9 Å². The van der Waals surface area contributed by atoms with Crippen LogP contribution < -0.4 is 4.72 Å². The Bertz CT molecular complexity index is 701. The smallest absolute Gasteiger partial charge is 0.225 e. The van der Waals surface area contributed by atoms with Gasteiger partial charge < -0.3 is 9.64 Å². The highest BCUT2D eigenvalue weighted by Gasteiger charge is 2.46. The lowest BCUT2D eigenvalue weighted by Crippen LogP contribution is -2.50. The van der Waals surface area contributed by atoms with Crippen LogP contribution >= 0.6 is 0 Å². The van der Waals surface area contributed by atoms with E-state index in [9.17, 15) is 13.2 Å². The Morgan fingerprint density at radius 2 is 2.04 bits per heavy atom. The second-order valence-electron chi connectivity index (χ2n) is 7.20. The molecule has 1 N–H and O–H groups in total. The number of piperidine rings is 1. The Hall–Kier alpha value is -1.44. The molecule has 1 atom stereocenters. The van der Waals surface area contributed by atoms with Crippen molar-refractivity contribution in [1.82, 2.24) is 9.62 Å². The SMILES string of the molecule is CS(=O)(=O)NC1CCCN(C(=O)CC2(OCc3ccccc3)CC2)C1. The molecule has 138 valence electrons. The van der Waals surface area contributed by atoms with Gasteiger partial charge in [0.15, 0.2) is 0 Å². The first-order valence-corrected chi connectivity index (χ1v) is 10.7. The van der Waals surface area contributed by atoms with E-state index in [2.05, 4.69) is 4.72 Å². The van der Waals surface area contributed by atoms with Crippen molar-refractivity contribution in [2.24, 2.45) is 0 Å². The van der Waals surface area contributed by atoms with Gasteiger partial charge in [-0.1, -0.05) is 30.3 Å². The molecule has 1 unspecified atom stereocenters. The third-order valence-corrected chi connectivity index (χ3v) is 5.59. The van der Waals surface area contributed by atoms with Crippen molar-refractivity contribution in [2.45, 2.75) is 50.4 Å². The minimum absolute atomic E-state index is 0.0607. The summed E-state index contributed by atoms with van der Waals surface area (Å²) in [6.07, 6.45) is 4.94. The zero-order valence-corrected chi connectivity index (χ0v) is 15.4. The lowest BCUT2D eigenvalue weighted by atomic mass is 10.1. The predicted octanol–water partition coefficient (Wildman–Crippen LogP) is 1.67. The molecule has 1 heterocycles. The average molecular weight is 366 g/mol. The van der Waals surface area contributed by atoms with Gasteiger partial charge in [-0.2, -0.15) is 0 Å². The number of hydrogen-bond acceptors (Lipinski definition) is 4. The summed E-state index contributed by atoms with van der Waals surface area (Å²) >= 11 is 0. The van der Waals surface area contributed by atoms with Crippen LogP contribution in [-0.4, -0.2) is 50.2 Å². The summed E-state index contributed by atoms with van der Waals surface area (Å²) < 4.78 is 31.5. The predicted molar refractivity (Wildman–Crippen MR) is 95.4 cm³/mol. The van der Waals surface area contributed by atoms with Gasteiger partial charge in [0.2, 0.25) is 15.9 Å². The van der Waals surface area contributed by atoms with Crippen molar-refractivity contribution in [3.63, 3.8) is 0 Å². The van der Waals surface area contributed by atoms with Gasteiger partial charge >= 0.3 is 0 Å². The van der Waals surface area contributed by atoms with Crippen LogP contribution in [0, 0.1) is 0 Å². The Labute approximate surface area is 149 Å². The van der Waals surface area contributed by atoms with Gasteiger partial charge in [-0.15, -0.1) is 0 Å². The Kier molecular flexibility index (Phi) is 5.46. The number of likely N-dealkylation sites (tertiary alicyclic amines) is 1. The molecule has 1 saturated carbocycles. The fourth-order valence-corrected chi connectivity index (χ4v) is 4.11. The number of carbonyl (C=O) groups is 1. The van der Waals surface area contributed by atoms with Crippen molar-refractivity contribution < 1.29 is 17.9 Å². The molecule has 0 spiro atoms. The Morgan fingerprint density at radius 3 is 2.68 bits per heavy atom. The van der Waals surface area contributed by atoms with Crippen LogP contribution in [-0.2, 0) is 26.2 Å². The van der Waals surface area contributed by atoms with Gasteiger partial charge in [-0.05, 0) is 31.2 Å². The number of sulfonamides is 1. The highest BCUT2D eigenvalue weighted by atomic mass is 32.2. The molecule has 3 rings (SSSR count). The number of benzene rings is 1. The molecule has 2 aliphatic rings. The number of ether oxygens (including phenoxy) is 1. The molecular weight excluding hydrogens is 340 g/mol. The first-order valence-electron chi connectivity index (χ1n) is 8.78. The molecule has 1 aliphatic carbocycles. The van der Waals surface area contributed by atoms with E-state index in [0.717, 1.165) is 37.5 Å². The zero-order chi connectivity index (χ0) is 17.9. The summed E-state index contributed by atoms with van der Waals surface area (Å²) in [5.41, 5.74) is 0.779. The van der Waals surface area contributed by atoms with Crippen molar-refractivity contribution in [1.29, 1.82) is 0 Å². The maximum atomic E-state index is 12.6. The van der Waals surface area contributed by atoms with Crippen molar-refractivity contribution in [3.8, 4) is 0 Å². The molecule has 0 bridgehead atoms. The maximum absolute atomic E-state index is 12.6. The first-order chi connectivity index (χ1) is 11.9. The molecule has 7 heteroatoms. The summed E-state index contributed by atoms with van der Waals surface area (Å²) in [6, 6.07) is 9.77. The lowest BCUT2D eigenvalue weighted by Gasteiger charge is -2.33. The number of amides is 1. The molecule has 1 amide bonds. The van der Waals surface area contributed by atoms with E-state index in [1.165, 1.54) is 0 Å². The van der Waals surface area contributed by atoms with Gasteiger partial charge in [0.25, 0.3) is 0 Å². The number of rotatable bonds is 7. The fraction of sp³-hybridized carbons (Fsp3) is 0.611. The summed E-state index contributed by atoms with van der Waals surface area (Å²) in [4.78, 5) is 14.4. The van der Waals surface area contributed by atoms with E-state index in [4.69, 9.17) is 4.74 Å². The summed E-state index contributed by atoms with van der Waals surface area (Å²) in [7, 11) is -3.25. The molecule has 1 aliphatic heterocycles. The fourth-order valence-electron chi connectivity index (χ4n) is 3.31. The van der Waals surface area contributed by atoms with Crippen LogP contribution in [0.25, 0.3) is 0 Å². The van der Waals surface area contributed by atoms with Gasteiger partial charge in [-0.3, -0.25) is 4.79 Å². The van der Waals surface area contributed by atoms with Crippen LogP contribution in [0.4, 0.5) is 0 Å². The number of nitrogens with zero attached hydrogens (tertiary/aromatic N) is 1. The van der Waals surface area contributed by atoms with Crippen LogP contribution in [0.5, 0.6) is 0 Å². The van der Waals surface area contributed by atoms with Crippen LogP contribution in [0.3, 0.4) is 0 Å². The Balaban J connectivity index is 1.51. The monoisotopic (exact) mass is 366 g/mol. The lowest BCUT2D eigenvalue weighted by molar-refractivity contribution is -0.136. The molecule has 0 aromatic heterocycles. The summed E-state index contributed by atoms with van der Waals surface area (Å²) in [6.45, 7) is 1.66. The van der Waals surface area contributed by atoms with Gasteiger partial charge in [-0.25, -0.2) is 13.1 Å². The molecule has 1 aromatic carbocycles.